The molecule has 2 rings (SSSR count). The van der Waals surface area contributed by atoms with Crippen molar-refractivity contribution in [1.29, 1.82) is 0 Å². The van der Waals surface area contributed by atoms with Crippen LogP contribution in [0.4, 0.5) is 5.95 Å². The number of methoxy groups -OCH3 is 1. The van der Waals surface area contributed by atoms with Gasteiger partial charge < -0.3 is 14.4 Å². The van der Waals surface area contributed by atoms with E-state index in [9.17, 15) is 9.59 Å². The molecule has 0 aromatic carbocycles. The van der Waals surface area contributed by atoms with Gasteiger partial charge in [-0.1, -0.05) is 0 Å². The lowest BCUT2D eigenvalue weighted by Gasteiger charge is -2.34. The number of rotatable bonds is 7. The van der Waals surface area contributed by atoms with Gasteiger partial charge in [-0.3, -0.25) is 20.1 Å². The van der Waals surface area contributed by atoms with Crippen LogP contribution < -0.4 is 15.7 Å². The third kappa shape index (κ3) is 6.39. The Bertz CT molecular complexity index is 653. The number of piperidine rings is 1. The number of aromatic nitrogens is 2. The molecule has 1 aromatic heterocycles. The number of carbonyl (C=O) groups is 2. The molecule has 3 N–H and O–H groups in total. The predicted octanol–water partition coefficient (Wildman–Crippen LogP) is 0.511. The zero-order chi connectivity index (χ0) is 20.7. The molecule has 0 saturated carbocycles. The highest BCUT2D eigenvalue weighted by atomic mass is 16.5. The summed E-state index contributed by atoms with van der Waals surface area (Å²) in [6.45, 7) is 7.47. The second kappa shape index (κ2) is 9.76. The van der Waals surface area contributed by atoms with Gasteiger partial charge in [0, 0.05) is 31.5 Å². The maximum atomic E-state index is 12.1. The van der Waals surface area contributed by atoms with Crippen LogP contribution in [-0.2, 0) is 14.3 Å². The lowest BCUT2D eigenvalue weighted by atomic mass is 10.0. The fourth-order valence-corrected chi connectivity index (χ4v) is 2.86. The highest BCUT2D eigenvalue weighted by Gasteiger charge is 2.28. The van der Waals surface area contributed by atoms with E-state index in [0.29, 0.717) is 19.0 Å². The first-order chi connectivity index (χ1) is 13.2. The number of carbonyl (C=O) groups excluding carboxylic acids is 2. The number of hydroxylamine groups is 1. The minimum absolute atomic E-state index is 0.142. The number of nitrogens with one attached hydrogen (secondary N) is 2. The molecule has 1 aliphatic heterocycles. The Kier molecular flexibility index (Phi) is 7.67. The van der Waals surface area contributed by atoms with Crippen molar-refractivity contribution in [2.75, 3.05) is 31.7 Å². The zero-order valence-electron chi connectivity index (χ0n) is 16.8. The van der Waals surface area contributed by atoms with Crippen molar-refractivity contribution in [1.82, 2.24) is 20.8 Å². The first kappa shape index (κ1) is 22.0. The van der Waals surface area contributed by atoms with Crippen LogP contribution in [0.2, 0.25) is 0 Å². The van der Waals surface area contributed by atoms with E-state index in [1.54, 1.807) is 5.48 Å². The zero-order valence-corrected chi connectivity index (χ0v) is 16.8. The molecule has 0 radical (unpaired) electrons. The normalized spacial score (nSPS) is 16.5. The molecule has 10 heteroatoms. The number of nitrogens with zero attached hydrogens (tertiary/aromatic N) is 3. The smallest absolute Gasteiger partial charge is 0.325 e. The van der Waals surface area contributed by atoms with Gasteiger partial charge in [-0.25, -0.2) is 15.4 Å². The Balaban J connectivity index is 1.89. The highest BCUT2D eigenvalue weighted by Crippen LogP contribution is 2.17. The van der Waals surface area contributed by atoms with Gasteiger partial charge in [0.05, 0.1) is 24.9 Å². The van der Waals surface area contributed by atoms with Crippen molar-refractivity contribution < 1.29 is 24.3 Å². The molecule has 0 aliphatic carbocycles. The minimum Gasteiger partial charge on any atom is -0.468 e. The maximum Gasteiger partial charge on any atom is 0.325 e. The van der Waals surface area contributed by atoms with Crippen LogP contribution in [0.5, 0.6) is 0 Å². The van der Waals surface area contributed by atoms with Gasteiger partial charge in [-0.05, 0) is 33.6 Å². The summed E-state index contributed by atoms with van der Waals surface area (Å²) in [5.74, 6) is -0.470. The van der Waals surface area contributed by atoms with Gasteiger partial charge >= 0.3 is 5.97 Å². The van der Waals surface area contributed by atoms with Crippen molar-refractivity contribution in [3.8, 4) is 0 Å². The summed E-state index contributed by atoms with van der Waals surface area (Å²) in [7, 11) is 1.37. The van der Waals surface area contributed by atoms with Crippen LogP contribution in [0.3, 0.4) is 0 Å². The predicted molar refractivity (Wildman–Crippen MR) is 101 cm³/mol. The quantitative estimate of drug-likeness (QED) is 0.344. The van der Waals surface area contributed by atoms with E-state index < -0.39 is 11.9 Å². The van der Waals surface area contributed by atoms with E-state index in [0.717, 1.165) is 12.8 Å². The summed E-state index contributed by atoms with van der Waals surface area (Å²) < 4.78 is 10.6. The maximum absolute atomic E-state index is 12.1. The summed E-state index contributed by atoms with van der Waals surface area (Å²) in [4.78, 5) is 33.8. The third-order valence-electron chi connectivity index (χ3n) is 4.39. The molecule has 28 heavy (non-hydrogen) atoms. The number of esters is 1. The second-order valence-corrected chi connectivity index (χ2v) is 7.64. The number of hydrogen-bond donors (Lipinski definition) is 3. The lowest BCUT2D eigenvalue weighted by Crippen LogP contribution is -2.51. The van der Waals surface area contributed by atoms with Crippen LogP contribution >= 0.6 is 0 Å². The van der Waals surface area contributed by atoms with Gasteiger partial charge in [0.2, 0.25) is 5.95 Å². The van der Waals surface area contributed by atoms with E-state index in [1.807, 2.05) is 25.7 Å². The van der Waals surface area contributed by atoms with Crippen LogP contribution in [0.15, 0.2) is 12.4 Å². The molecule has 0 bridgehead atoms. The molecule has 0 unspecified atom stereocenters. The first-order valence-corrected chi connectivity index (χ1v) is 9.22. The molecule has 10 nitrogen and oxygen atoms in total. The molecule has 156 valence electrons. The Hall–Kier alpha value is -2.30. The average molecular weight is 395 g/mol. The van der Waals surface area contributed by atoms with Crippen LogP contribution in [-0.4, -0.2) is 71.5 Å². The summed E-state index contributed by atoms with van der Waals surface area (Å²) in [5.41, 5.74) is 1.39. The van der Waals surface area contributed by atoms with E-state index >= 15 is 0 Å². The lowest BCUT2D eigenvalue weighted by molar-refractivity contribution is -0.146. The van der Waals surface area contributed by atoms with Gasteiger partial charge in [0.15, 0.2) is 0 Å². The molecular formula is C18H29N5O5. The molecule has 0 spiro atoms. The van der Waals surface area contributed by atoms with E-state index in [-0.39, 0.29) is 29.8 Å². The summed E-state index contributed by atoms with van der Waals surface area (Å²) in [6.07, 6.45) is 4.33. The van der Waals surface area contributed by atoms with E-state index in [1.165, 1.54) is 19.5 Å². The minimum atomic E-state index is -0.652. The first-order valence-electron chi connectivity index (χ1n) is 9.22. The monoisotopic (exact) mass is 395 g/mol. The number of amides is 1. The van der Waals surface area contributed by atoms with Crippen molar-refractivity contribution in [2.45, 2.75) is 51.3 Å². The van der Waals surface area contributed by atoms with Crippen molar-refractivity contribution in [3.05, 3.63) is 18.0 Å². The summed E-state index contributed by atoms with van der Waals surface area (Å²) in [5, 5.41) is 12.0. The van der Waals surface area contributed by atoms with Gasteiger partial charge in [0.1, 0.15) is 6.04 Å². The Labute approximate surface area is 164 Å². The van der Waals surface area contributed by atoms with Crippen LogP contribution in [0, 0.1) is 0 Å². The van der Waals surface area contributed by atoms with Crippen molar-refractivity contribution in [2.24, 2.45) is 0 Å². The van der Waals surface area contributed by atoms with Gasteiger partial charge in [-0.15, -0.1) is 0 Å². The van der Waals surface area contributed by atoms with Crippen molar-refractivity contribution >= 4 is 17.8 Å². The van der Waals surface area contributed by atoms with Crippen molar-refractivity contribution in [3.63, 3.8) is 0 Å². The number of ether oxygens (including phenoxy) is 2. The molecule has 1 aliphatic rings. The molecule has 1 atom stereocenters. The fourth-order valence-electron chi connectivity index (χ4n) is 2.86. The summed E-state index contributed by atoms with van der Waals surface area (Å²) >= 11 is 0. The third-order valence-corrected chi connectivity index (χ3v) is 4.39. The van der Waals surface area contributed by atoms with Crippen LogP contribution in [0.25, 0.3) is 0 Å². The molecule has 1 amide bonds. The molecule has 1 aromatic rings. The van der Waals surface area contributed by atoms with E-state index in [4.69, 9.17) is 14.7 Å². The highest BCUT2D eigenvalue weighted by molar-refractivity contribution is 5.92. The Morgan fingerprint density at radius 2 is 1.89 bits per heavy atom. The number of hydrogen-bond acceptors (Lipinski definition) is 9. The average Bonchev–Trinajstić information content (AvgIpc) is 2.69. The SMILES string of the molecule is COC(=O)[C@H](COC(C)(C)C)NC1CCN(c2ncc(C(=O)NO)cn2)CC1. The molecule has 1 fully saturated rings. The van der Waals surface area contributed by atoms with Gasteiger partial charge in [-0.2, -0.15) is 0 Å². The standard InChI is InChI=1S/C18H29N5O5/c1-18(2,3)28-11-14(16(25)27-4)21-13-5-7-23(8-6-13)17-19-9-12(10-20-17)15(24)22-26/h9-10,13-14,21,26H,5-8,11H2,1-4H3,(H,22,24)/t14-/m0/s1. The second-order valence-electron chi connectivity index (χ2n) is 7.64. The van der Waals surface area contributed by atoms with E-state index in [2.05, 4.69) is 15.3 Å². The molecular weight excluding hydrogens is 366 g/mol. The van der Waals surface area contributed by atoms with Gasteiger partial charge in [0.25, 0.3) is 5.91 Å². The van der Waals surface area contributed by atoms with Crippen LogP contribution in [0.1, 0.15) is 44.0 Å². The Morgan fingerprint density at radius 3 is 2.39 bits per heavy atom. The molecule has 1 saturated heterocycles. The summed E-state index contributed by atoms with van der Waals surface area (Å²) in [6, 6.07) is -0.378. The Morgan fingerprint density at radius 1 is 1.29 bits per heavy atom. The topological polar surface area (TPSA) is 126 Å². The molecule has 2 heterocycles. The fraction of sp³-hybridized carbons (Fsp3) is 0.667. The number of anilines is 1. The largest absolute Gasteiger partial charge is 0.468 e.